The van der Waals surface area contributed by atoms with Gasteiger partial charge in [-0.05, 0) is 36.8 Å². The molecule has 3 nitrogen and oxygen atoms in total. The Labute approximate surface area is 105 Å². The fraction of sp³-hybridized carbons (Fsp3) is 0.462. The van der Waals surface area contributed by atoms with Gasteiger partial charge in [0.2, 0.25) is 0 Å². The second-order valence-electron chi connectivity index (χ2n) is 4.82. The van der Waals surface area contributed by atoms with Crippen molar-refractivity contribution in [3.05, 3.63) is 23.7 Å². The molecule has 0 amide bonds. The first-order valence-electron chi connectivity index (χ1n) is 6.08. The summed E-state index contributed by atoms with van der Waals surface area (Å²) in [6.45, 7) is 4.22. The van der Waals surface area contributed by atoms with Crippen molar-refractivity contribution in [2.45, 2.75) is 19.4 Å². The number of rotatable bonds is 2. The van der Waals surface area contributed by atoms with Crippen LogP contribution in [-0.4, -0.2) is 24.1 Å². The van der Waals surface area contributed by atoms with E-state index in [1.807, 2.05) is 6.20 Å². The van der Waals surface area contributed by atoms with Gasteiger partial charge in [-0.3, -0.25) is 0 Å². The largest absolute Gasteiger partial charge is 0.356 e. The van der Waals surface area contributed by atoms with E-state index in [-0.39, 0.29) is 6.04 Å². The molecular formula is C13H17N3S. The van der Waals surface area contributed by atoms with Crippen LogP contribution in [0.15, 0.2) is 23.7 Å². The van der Waals surface area contributed by atoms with Crippen molar-refractivity contribution in [3.8, 4) is 0 Å². The van der Waals surface area contributed by atoms with Crippen molar-refractivity contribution in [2.75, 3.05) is 18.0 Å². The van der Waals surface area contributed by atoms with Crippen LogP contribution in [0.5, 0.6) is 0 Å². The van der Waals surface area contributed by atoms with E-state index < -0.39 is 0 Å². The average molecular weight is 247 g/mol. The van der Waals surface area contributed by atoms with Crippen molar-refractivity contribution >= 4 is 27.2 Å². The highest BCUT2D eigenvalue weighted by Gasteiger charge is 2.26. The number of nitrogens with two attached hydrogens (primary N) is 1. The predicted molar refractivity (Wildman–Crippen MR) is 73.6 cm³/mol. The molecular weight excluding hydrogens is 230 g/mol. The van der Waals surface area contributed by atoms with Gasteiger partial charge in [0.1, 0.15) is 5.82 Å². The van der Waals surface area contributed by atoms with Crippen molar-refractivity contribution in [1.82, 2.24) is 4.98 Å². The summed E-state index contributed by atoms with van der Waals surface area (Å²) in [6.07, 6.45) is 3.09. The third kappa shape index (κ3) is 1.91. The van der Waals surface area contributed by atoms with Gasteiger partial charge in [0.25, 0.3) is 0 Å². The van der Waals surface area contributed by atoms with Crippen molar-refractivity contribution in [2.24, 2.45) is 11.7 Å². The van der Waals surface area contributed by atoms with Gasteiger partial charge in [-0.2, -0.15) is 0 Å². The Balaban J connectivity index is 1.92. The molecule has 0 bridgehead atoms. The van der Waals surface area contributed by atoms with E-state index in [0.717, 1.165) is 18.9 Å². The zero-order valence-electron chi connectivity index (χ0n) is 9.97. The number of fused-ring (bicyclic) bond motifs is 1. The molecule has 2 aromatic heterocycles. The minimum atomic E-state index is 0.279. The highest BCUT2D eigenvalue weighted by molar-refractivity contribution is 7.17. The van der Waals surface area contributed by atoms with Gasteiger partial charge in [-0.15, -0.1) is 11.3 Å². The average Bonchev–Trinajstić information content (AvgIpc) is 2.97. The summed E-state index contributed by atoms with van der Waals surface area (Å²) < 4.78 is 1.32. The Morgan fingerprint density at radius 3 is 3.18 bits per heavy atom. The fourth-order valence-electron chi connectivity index (χ4n) is 2.54. The van der Waals surface area contributed by atoms with Crippen LogP contribution in [0.4, 0.5) is 5.82 Å². The maximum absolute atomic E-state index is 5.99. The number of pyridine rings is 1. The number of anilines is 1. The number of hydrogen-bond donors (Lipinski definition) is 1. The molecule has 2 aromatic rings. The minimum Gasteiger partial charge on any atom is -0.356 e. The van der Waals surface area contributed by atoms with Gasteiger partial charge in [0.05, 0.1) is 0 Å². The number of nitrogens with zero attached hydrogens (tertiary/aromatic N) is 2. The summed E-state index contributed by atoms with van der Waals surface area (Å²) in [6, 6.07) is 4.53. The van der Waals surface area contributed by atoms with Crippen molar-refractivity contribution < 1.29 is 0 Å². The third-order valence-corrected chi connectivity index (χ3v) is 4.51. The van der Waals surface area contributed by atoms with Gasteiger partial charge in [-0.25, -0.2) is 4.98 Å². The molecule has 0 saturated carbocycles. The van der Waals surface area contributed by atoms with Gasteiger partial charge in [-0.1, -0.05) is 0 Å². The topological polar surface area (TPSA) is 42.1 Å². The zero-order chi connectivity index (χ0) is 11.8. The molecule has 1 aliphatic heterocycles. The molecule has 0 aromatic carbocycles. The third-order valence-electron chi connectivity index (χ3n) is 3.63. The van der Waals surface area contributed by atoms with E-state index in [4.69, 9.17) is 5.73 Å². The van der Waals surface area contributed by atoms with E-state index in [1.165, 1.54) is 16.5 Å². The van der Waals surface area contributed by atoms with E-state index in [2.05, 4.69) is 34.3 Å². The van der Waals surface area contributed by atoms with Crippen LogP contribution < -0.4 is 10.6 Å². The second-order valence-corrected chi connectivity index (χ2v) is 5.77. The molecule has 2 atom stereocenters. The van der Waals surface area contributed by atoms with Crippen LogP contribution in [0.3, 0.4) is 0 Å². The lowest BCUT2D eigenvalue weighted by Gasteiger charge is -2.19. The van der Waals surface area contributed by atoms with Crippen molar-refractivity contribution in [3.63, 3.8) is 0 Å². The summed E-state index contributed by atoms with van der Waals surface area (Å²) in [5.41, 5.74) is 5.99. The van der Waals surface area contributed by atoms with Gasteiger partial charge < -0.3 is 10.6 Å². The molecule has 1 saturated heterocycles. The molecule has 3 rings (SSSR count). The molecule has 4 heteroatoms. The van der Waals surface area contributed by atoms with Crippen LogP contribution in [0.1, 0.15) is 13.3 Å². The Morgan fingerprint density at radius 2 is 2.41 bits per heavy atom. The molecule has 2 N–H and O–H groups in total. The first-order chi connectivity index (χ1) is 8.25. The molecule has 0 radical (unpaired) electrons. The van der Waals surface area contributed by atoms with Crippen molar-refractivity contribution in [1.29, 1.82) is 0 Å². The van der Waals surface area contributed by atoms with E-state index >= 15 is 0 Å². The molecule has 1 aliphatic rings. The Morgan fingerprint density at radius 1 is 1.53 bits per heavy atom. The van der Waals surface area contributed by atoms with Gasteiger partial charge >= 0.3 is 0 Å². The summed E-state index contributed by atoms with van der Waals surface area (Å²) in [5.74, 6) is 1.73. The molecule has 90 valence electrons. The first kappa shape index (κ1) is 11.0. The van der Waals surface area contributed by atoms with E-state index in [0.29, 0.717) is 5.92 Å². The van der Waals surface area contributed by atoms with E-state index in [1.54, 1.807) is 11.3 Å². The molecule has 1 fully saturated rings. The van der Waals surface area contributed by atoms with Gasteiger partial charge in [0.15, 0.2) is 0 Å². The quantitative estimate of drug-likeness (QED) is 0.886. The monoisotopic (exact) mass is 247 g/mol. The highest BCUT2D eigenvalue weighted by Crippen LogP contribution is 2.31. The number of thiophene rings is 1. The lowest BCUT2D eigenvalue weighted by molar-refractivity contribution is 0.488. The number of hydrogen-bond acceptors (Lipinski definition) is 4. The highest BCUT2D eigenvalue weighted by atomic mass is 32.1. The molecule has 0 spiro atoms. The summed E-state index contributed by atoms with van der Waals surface area (Å²) in [4.78, 5) is 6.92. The Kier molecular flexibility index (Phi) is 2.76. The summed E-state index contributed by atoms with van der Waals surface area (Å²) >= 11 is 1.78. The summed E-state index contributed by atoms with van der Waals surface area (Å²) in [5, 5.41) is 3.41. The lowest BCUT2D eigenvalue weighted by Crippen LogP contribution is -2.30. The second kappa shape index (κ2) is 4.27. The lowest BCUT2D eigenvalue weighted by atomic mass is 10.0. The zero-order valence-corrected chi connectivity index (χ0v) is 10.8. The molecule has 3 heterocycles. The maximum atomic E-state index is 5.99. The minimum absolute atomic E-state index is 0.279. The van der Waals surface area contributed by atoms with Crippen LogP contribution in [-0.2, 0) is 0 Å². The SMILES string of the molecule is CC(N)C1CCN(c2nccc3sccc23)C1. The Bertz CT molecular complexity index is 520. The van der Waals surface area contributed by atoms with Gasteiger partial charge in [0, 0.05) is 35.4 Å². The van der Waals surface area contributed by atoms with Crippen LogP contribution in [0.2, 0.25) is 0 Å². The maximum Gasteiger partial charge on any atom is 0.137 e. The fourth-order valence-corrected chi connectivity index (χ4v) is 3.32. The van der Waals surface area contributed by atoms with Crippen LogP contribution in [0.25, 0.3) is 10.1 Å². The first-order valence-corrected chi connectivity index (χ1v) is 6.96. The molecule has 17 heavy (non-hydrogen) atoms. The van der Waals surface area contributed by atoms with Crippen LogP contribution >= 0.6 is 11.3 Å². The summed E-state index contributed by atoms with van der Waals surface area (Å²) in [7, 11) is 0. The number of aromatic nitrogens is 1. The van der Waals surface area contributed by atoms with E-state index in [9.17, 15) is 0 Å². The standard InChI is InChI=1S/C13H17N3S/c1-9(14)10-3-6-16(8-10)13-11-4-7-17-12(11)2-5-15-13/h2,4-5,7,9-10H,3,6,8,14H2,1H3. The predicted octanol–water partition coefficient (Wildman–Crippen LogP) is 2.47. The van der Waals surface area contributed by atoms with Crippen LogP contribution in [0, 0.1) is 5.92 Å². The molecule has 2 unspecified atom stereocenters. The smallest absolute Gasteiger partial charge is 0.137 e. The normalized spacial score (nSPS) is 22.2. The Hall–Kier alpha value is -1.13. The molecule has 0 aliphatic carbocycles.